The first kappa shape index (κ1) is 16.1. The van der Waals surface area contributed by atoms with E-state index in [1.54, 1.807) is 28.9 Å². The zero-order chi connectivity index (χ0) is 17.1. The fraction of sp³-hybridized carbons (Fsp3) is 0.158. The molecule has 3 rings (SSSR count). The summed E-state index contributed by atoms with van der Waals surface area (Å²) in [5, 5.41) is 4.55. The normalized spacial score (nSPS) is 11.8. The van der Waals surface area contributed by atoms with Crippen molar-refractivity contribution in [1.82, 2.24) is 14.8 Å². The highest BCUT2D eigenvalue weighted by Crippen LogP contribution is 2.23. The third-order valence-electron chi connectivity index (χ3n) is 3.77. The fourth-order valence-corrected chi connectivity index (χ4v) is 2.31. The molecule has 0 amide bonds. The minimum atomic E-state index is -0.304. The van der Waals surface area contributed by atoms with Crippen molar-refractivity contribution in [2.45, 2.75) is 20.4 Å². The van der Waals surface area contributed by atoms with Crippen LogP contribution in [0.4, 0.5) is 8.78 Å². The monoisotopic (exact) mass is 325 g/mol. The molecule has 3 nitrogen and oxygen atoms in total. The Morgan fingerprint density at radius 2 is 1.50 bits per heavy atom. The molecule has 0 unspecified atom stereocenters. The van der Waals surface area contributed by atoms with E-state index >= 15 is 0 Å². The van der Waals surface area contributed by atoms with Crippen molar-refractivity contribution in [3.63, 3.8) is 0 Å². The number of rotatable bonds is 4. The van der Waals surface area contributed by atoms with Crippen LogP contribution in [-0.4, -0.2) is 14.8 Å². The maximum absolute atomic E-state index is 13.2. The van der Waals surface area contributed by atoms with Gasteiger partial charge >= 0.3 is 0 Å². The lowest BCUT2D eigenvalue weighted by molar-refractivity contribution is 0.627. The molecule has 0 saturated carbocycles. The zero-order valence-corrected chi connectivity index (χ0v) is 13.5. The molecule has 0 atom stereocenters. The van der Waals surface area contributed by atoms with E-state index in [1.165, 1.54) is 24.3 Å². The Kier molecular flexibility index (Phi) is 4.51. The molecule has 0 spiro atoms. The number of benzene rings is 2. The maximum Gasteiger partial charge on any atom is 0.181 e. The molecule has 0 bridgehead atoms. The fourth-order valence-electron chi connectivity index (χ4n) is 2.31. The lowest BCUT2D eigenvalue weighted by Crippen LogP contribution is -2.04. The molecule has 0 saturated heterocycles. The number of hydrogen-bond acceptors (Lipinski definition) is 2. The van der Waals surface area contributed by atoms with Gasteiger partial charge in [0.25, 0.3) is 0 Å². The van der Waals surface area contributed by atoms with Crippen molar-refractivity contribution in [2.75, 3.05) is 0 Å². The summed E-state index contributed by atoms with van der Waals surface area (Å²) in [6, 6.07) is 12.2. The van der Waals surface area contributed by atoms with E-state index < -0.39 is 0 Å². The topological polar surface area (TPSA) is 30.7 Å². The van der Waals surface area contributed by atoms with Crippen molar-refractivity contribution in [3.05, 3.63) is 71.8 Å². The predicted molar refractivity (Wildman–Crippen MR) is 90.2 cm³/mol. The largest absolute Gasteiger partial charge is 0.241 e. The molecule has 0 aliphatic carbocycles. The van der Waals surface area contributed by atoms with Crippen LogP contribution in [0.3, 0.4) is 0 Å². The minimum Gasteiger partial charge on any atom is -0.241 e. The number of aromatic nitrogens is 3. The molecule has 0 fully saturated rings. The predicted octanol–water partition coefficient (Wildman–Crippen LogP) is 4.86. The second-order valence-corrected chi connectivity index (χ2v) is 5.57. The first-order valence-electron chi connectivity index (χ1n) is 7.65. The van der Waals surface area contributed by atoms with Gasteiger partial charge < -0.3 is 0 Å². The lowest BCUT2D eigenvalue weighted by atomic mass is 10.2. The maximum atomic E-state index is 13.2. The Balaban J connectivity index is 2.08. The number of halogens is 2. The number of allylic oxidation sites excluding steroid dienone is 2. The van der Waals surface area contributed by atoms with Crippen LogP contribution in [0.1, 0.15) is 13.8 Å². The average Bonchev–Trinajstić information content (AvgIpc) is 3.00. The van der Waals surface area contributed by atoms with Gasteiger partial charge in [-0.05, 0) is 62.4 Å². The average molecular weight is 325 g/mol. The molecular weight excluding hydrogens is 308 g/mol. The van der Waals surface area contributed by atoms with Gasteiger partial charge in [0.05, 0.1) is 6.54 Å². The standard InChI is InChI=1S/C19H17F2N3/c1-3-13(2)12-24-19(15-6-10-17(21)11-7-15)22-18(23-24)14-4-8-16(20)9-5-14/h3-11H,12H2,1-2H3/b13-3+. The van der Waals surface area contributed by atoms with Crippen molar-refractivity contribution in [2.24, 2.45) is 0 Å². The molecule has 0 aliphatic heterocycles. The summed E-state index contributed by atoms with van der Waals surface area (Å²) in [6.07, 6.45) is 2.01. The highest BCUT2D eigenvalue weighted by Gasteiger charge is 2.14. The molecule has 0 radical (unpaired) electrons. The number of nitrogens with zero attached hydrogens (tertiary/aromatic N) is 3. The van der Waals surface area contributed by atoms with Gasteiger partial charge in [0.1, 0.15) is 11.6 Å². The summed E-state index contributed by atoms with van der Waals surface area (Å²) in [5.41, 5.74) is 2.65. The third kappa shape index (κ3) is 3.40. The Hall–Kier alpha value is -2.82. The van der Waals surface area contributed by atoms with E-state index in [0.29, 0.717) is 18.2 Å². The minimum absolute atomic E-state index is 0.298. The van der Waals surface area contributed by atoms with E-state index in [-0.39, 0.29) is 11.6 Å². The molecular formula is C19H17F2N3. The second-order valence-electron chi connectivity index (χ2n) is 5.57. The van der Waals surface area contributed by atoms with Crippen LogP contribution in [0, 0.1) is 11.6 Å². The zero-order valence-electron chi connectivity index (χ0n) is 13.5. The first-order valence-corrected chi connectivity index (χ1v) is 7.65. The van der Waals surface area contributed by atoms with Gasteiger partial charge in [0.15, 0.2) is 11.6 Å². The molecule has 24 heavy (non-hydrogen) atoms. The summed E-state index contributed by atoms with van der Waals surface area (Å²) in [4.78, 5) is 4.58. The number of hydrogen-bond donors (Lipinski definition) is 0. The van der Waals surface area contributed by atoms with E-state index in [2.05, 4.69) is 10.1 Å². The van der Waals surface area contributed by atoms with Gasteiger partial charge in [0, 0.05) is 11.1 Å². The Morgan fingerprint density at radius 3 is 2.04 bits per heavy atom. The van der Waals surface area contributed by atoms with Crippen molar-refractivity contribution >= 4 is 0 Å². The molecule has 5 heteroatoms. The summed E-state index contributed by atoms with van der Waals surface area (Å²) in [6.45, 7) is 4.55. The molecule has 0 N–H and O–H groups in total. The molecule has 3 aromatic rings. The summed E-state index contributed by atoms with van der Waals surface area (Å²) < 4.78 is 28.1. The van der Waals surface area contributed by atoms with Crippen LogP contribution in [-0.2, 0) is 6.54 Å². The van der Waals surface area contributed by atoms with Crippen LogP contribution >= 0.6 is 0 Å². The van der Waals surface area contributed by atoms with Gasteiger partial charge in [-0.3, -0.25) is 0 Å². The molecule has 1 heterocycles. The Bertz CT molecular complexity index is 863. The highest BCUT2D eigenvalue weighted by atomic mass is 19.1. The van der Waals surface area contributed by atoms with Gasteiger partial charge in [-0.1, -0.05) is 11.6 Å². The molecule has 122 valence electrons. The van der Waals surface area contributed by atoms with E-state index in [4.69, 9.17) is 0 Å². The smallest absolute Gasteiger partial charge is 0.181 e. The van der Waals surface area contributed by atoms with Crippen LogP contribution in [0.15, 0.2) is 60.2 Å². The third-order valence-corrected chi connectivity index (χ3v) is 3.77. The van der Waals surface area contributed by atoms with Crippen molar-refractivity contribution in [1.29, 1.82) is 0 Å². The van der Waals surface area contributed by atoms with Crippen LogP contribution in [0.2, 0.25) is 0 Å². The van der Waals surface area contributed by atoms with Gasteiger partial charge in [-0.2, -0.15) is 5.10 Å². The van der Waals surface area contributed by atoms with E-state index in [0.717, 1.165) is 16.7 Å². The molecule has 0 aliphatic rings. The van der Waals surface area contributed by atoms with Gasteiger partial charge in [0.2, 0.25) is 0 Å². The summed E-state index contributed by atoms with van der Waals surface area (Å²) >= 11 is 0. The van der Waals surface area contributed by atoms with Crippen molar-refractivity contribution in [3.8, 4) is 22.8 Å². The molecule has 2 aromatic carbocycles. The van der Waals surface area contributed by atoms with E-state index in [1.807, 2.05) is 19.9 Å². The second kappa shape index (κ2) is 6.74. The van der Waals surface area contributed by atoms with Crippen LogP contribution in [0.5, 0.6) is 0 Å². The van der Waals surface area contributed by atoms with Crippen LogP contribution < -0.4 is 0 Å². The van der Waals surface area contributed by atoms with E-state index in [9.17, 15) is 8.78 Å². The lowest BCUT2D eigenvalue weighted by Gasteiger charge is -2.06. The van der Waals surface area contributed by atoms with Gasteiger partial charge in [-0.25, -0.2) is 18.4 Å². The Morgan fingerprint density at radius 1 is 0.958 bits per heavy atom. The van der Waals surface area contributed by atoms with Crippen LogP contribution in [0.25, 0.3) is 22.8 Å². The van der Waals surface area contributed by atoms with Crippen molar-refractivity contribution < 1.29 is 8.78 Å². The Labute approximate surface area is 139 Å². The highest BCUT2D eigenvalue weighted by molar-refractivity contribution is 5.61. The first-order chi connectivity index (χ1) is 11.6. The summed E-state index contributed by atoms with van der Waals surface area (Å²) in [5.74, 6) is 0.559. The SMILES string of the molecule is C/C=C(\C)Cn1nc(-c2ccc(F)cc2)nc1-c1ccc(F)cc1. The summed E-state index contributed by atoms with van der Waals surface area (Å²) in [7, 11) is 0. The van der Waals surface area contributed by atoms with Gasteiger partial charge in [-0.15, -0.1) is 0 Å². The quantitative estimate of drug-likeness (QED) is 0.642. The molecule has 1 aromatic heterocycles.